The molecule has 1 rings (SSSR count). The minimum Gasteiger partial charge on any atom is -0.392 e. The fourth-order valence-electron chi connectivity index (χ4n) is 1.27. The summed E-state index contributed by atoms with van der Waals surface area (Å²) in [6, 6.07) is 3.61. The second kappa shape index (κ2) is 5.75. The van der Waals surface area contributed by atoms with Gasteiger partial charge in [0.15, 0.2) is 0 Å². The number of aryl methyl sites for hydroxylation is 1. The van der Waals surface area contributed by atoms with Crippen LogP contribution in [-0.2, 0) is 0 Å². The highest BCUT2D eigenvalue weighted by Gasteiger charge is 2.12. The highest BCUT2D eigenvalue weighted by atomic mass is 19.1. The summed E-state index contributed by atoms with van der Waals surface area (Å²) in [5.41, 5.74) is 6.36. The monoisotopic (exact) mass is 240 g/mol. The molecular formula is C12H17FN2O2. The molecule has 0 heterocycles. The number of nitrogens with one attached hydrogen (secondary N) is 1. The fourth-order valence-corrected chi connectivity index (χ4v) is 1.27. The molecule has 0 spiro atoms. The van der Waals surface area contributed by atoms with Gasteiger partial charge in [-0.3, -0.25) is 4.79 Å². The number of benzene rings is 1. The number of aliphatic hydroxyl groups excluding tert-OH is 1. The van der Waals surface area contributed by atoms with Gasteiger partial charge in [-0.25, -0.2) is 4.39 Å². The van der Waals surface area contributed by atoms with Gasteiger partial charge in [-0.05, 0) is 37.6 Å². The first-order chi connectivity index (χ1) is 7.91. The highest BCUT2D eigenvalue weighted by molar-refractivity contribution is 5.94. The summed E-state index contributed by atoms with van der Waals surface area (Å²) in [6.45, 7) is 3.32. The van der Waals surface area contributed by atoms with Crippen molar-refractivity contribution in [2.75, 3.05) is 6.54 Å². The largest absolute Gasteiger partial charge is 0.392 e. The Morgan fingerprint density at radius 2 is 2.24 bits per heavy atom. The molecule has 17 heavy (non-hydrogen) atoms. The molecule has 2 unspecified atom stereocenters. The van der Waals surface area contributed by atoms with Gasteiger partial charge in [0.05, 0.1) is 6.10 Å². The van der Waals surface area contributed by atoms with E-state index in [1.807, 2.05) is 0 Å². The van der Waals surface area contributed by atoms with Gasteiger partial charge in [0.2, 0.25) is 0 Å². The van der Waals surface area contributed by atoms with Crippen LogP contribution in [0.25, 0.3) is 0 Å². The van der Waals surface area contributed by atoms with Crippen LogP contribution in [-0.4, -0.2) is 29.7 Å². The standard InChI is InChI=1S/C12H17FN2O2/c1-7-5-9(3-4-10(7)13)12(17)15-6-11(14)8(2)16/h3-5,8,11,16H,6,14H2,1-2H3,(H,15,17). The van der Waals surface area contributed by atoms with Crippen molar-refractivity contribution in [1.29, 1.82) is 0 Å². The molecule has 0 aliphatic rings. The average Bonchev–Trinajstić information content (AvgIpc) is 2.28. The summed E-state index contributed by atoms with van der Waals surface area (Å²) in [5, 5.41) is 11.7. The van der Waals surface area contributed by atoms with Crippen LogP contribution < -0.4 is 11.1 Å². The van der Waals surface area contributed by atoms with E-state index >= 15 is 0 Å². The second-order valence-electron chi connectivity index (χ2n) is 4.08. The van der Waals surface area contributed by atoms with Crippen molar-refractivity contribution < 1.29 is 14.3 Å². The predicted molar refractivity (Wildman–Crippen MR) is 63.1 cm³/mol. The number of nitrogens with two attached hydrogens (primary N) is 1. The van der Waals surface area contributed by atoms with Gasteiger partial charge in [-0.15, -0.1) is 0 Å². The molecule has 0 bridgehead atoms. The van der Waals surface area contributed by atoms with Crippen LogP contribution in [0.4, 0.5) is 4.39 Å². The van der Waals surface area contributed by atoms with Crippen LogP contribution in [0.1, 0.15) is 22.8 Å². The lowest BCUT2D eigenvalue weighted by Crippen LogP contribution is -2.43. The summed E-state index contributed by atoms with van der Waals surface area (Å²) in [4.78, 5) is 11.7. The number of halogens is 1. The molecule has 1 amide bonds. The Hall–Kier alpha value is -1.46. The number of aliphatic hydroxyl groups is 1. The summed E-state index contributed by atoms with van der Waals surface area (Å²) >= 11 is 0. The highest BCUT2D eigenvalue weighted by Crippen LogP contribution is 2.08. The minimum atomic E-state index is -0.690. The maximum absolute atomic E-state index is 13.0. The van der Waals surface area contributed by atoms with Gasteiger partial charge < -0.3 is 16.2 Å². The number of amides is 1. The van der Waals surface area contributed by atoms with Gasteiger partial charge in [-0.2, -0.15) is 0 Å². The van der Waals surface area contributed by atoms with Crippen LogP contribution in [0.15, 0.2) is 18.2 Å². The van der Waals surface area contributed by atoms with Crippen molar-refractivity contribution in [3.05, 3.63) is 35.1 Å². The normalized spacial score (nSPS) is 14.2. The van der Waals surface area contributed by atoms with Crippen LogP contribution in [0.5, 0.6) is 0 Å². The van der Waals surface area contributed by atoms with E-state index in [1.165, 1.54) is 18.2 Å². The van der Waals surface area contributed by atoms with E-state index < -0.39 is 12.1 Å². The molecule has 94 valence electrons. The topological polar surface area (TPSA) is 75.4 Å². The van der Waals surface area contributed by atoms with Gasteiger partial charge in [0, 0.05) is 18.2 Å². The Kier molecular flexibility index (Phi) is 4.60. The summed E-state index contributed by atoms with van der Waals surface area (Å²) in [7, 11) is 0. The Balaban J connectivity index is 2.61. The third-order valence-corrected chi connectivity index (χ3v) is 2.54. The molecule has 0 radical (unpaired) electrons. The van der Waals surface area contributed by atoms with Crippen LogP contribution >= 0.6 is 0 Å². The lowest BCUT2D eigenvalue weighted by atomic mass is 10.1. The van der Waals surface area contributed by atoms with E-state index in [2.05, 4.69) is 5.32 Å². The lowest BCUT2D eigenvalue weighted by molar-refractivity contribution is 0.0937. The molecule has 0 aromatic heterocycles. The first-order valence-electron chi connectivity index (χ1n) is 5.40. The maximum Gasteiger partial charge on any atom is 0.251 e. The predicted octanol–water partition coefficient (Wildman–Crippen LogP) is 0.572. The van der Waals surface area contributed by atoms with E-state index in [0.717, 1.165) is 0 Å². The third-order valence-electron chi connectivity index (χ3n) is 2.54. The summed E-state index contributed by atoms with van der Waals surface area (Å²) < 4.78 is 13.0. The summed E-state index contributed by atoms with van der Waals surface area (Å²) in [6.07, 6.45) is -0.690. The zero-order valence-corrected chi connectivity index (χ0v) is 9.90. The van der Waals surface area contributed by atoms with Gasteiger partial charge in [-0.1, -0.05) is 0 Å². The number of rotatable bonds is 4. The number of hydrogen-bond donors (Lipinski definition) is 3. The van der Waals surface area contributed by atoms with E-state index in [9.17, 15) is 9.18 Å². The molecule has 0 saturated heterocycles. The van der Waals surface area contributed by atoms with Crippen molar-refractivity contribution in [3.8, 4) is 0 Å². The van der Waals surface area contributed by atoms with E-state index in [4.69, 9.17) is 10.8 Å². The molecule has 0 aliphatic carbocycles. The van der Waals surface area contributed by atoms with Crippen molar-refractivity contribution in [1.82, 2.24) is 5.32 Å². The smallest absolute Gasteiger partial charge is 0.251 e. The van der Waals surface area contributed by atoms with Gasteiger partial charge in [0.1, 0.15) is 5.82 Å². The number of carbonyl (C=O) groups excluding carboxylic acids is 1. The molecule has 2 atom stereocenters. The number of hydrogen-bond acceptors (Lipinski definition) is 3. The quantitative estimate of drug-likeness (QED) is 0.720. The first kappa shape index (κ1) is 13.6. The number of carbonyl (C=O) groups is 1. The molecule has 0 aliphatic heterocycles. The van der Waals surface area contributed by atoms with Crippen LogP contribution in [0.3, 0.4) is 0 Å². The SMILES string of the molecule is Cc1cc(C(=O)NCC(N)C(C)O)ccc1F. The van der Waals surface area contributed by atoms with E-state index in [-0.39, 0.29) is 18.3 Å². The third kappa shape index (κ3) is 3.80. The van der Waals surface area contributed by atoms with Gasteiger partial charge in [0.25, 0.3) is 5.91 Å². The molecule has 0 fully saturated rings. The molecule has 4 nitrogen and oxygen atoms in total. The van der Waals surface area contributed by atoms with Crippen LogP contribution in [0, 0.1) is 12.7 Å². The molecule has 0 saturated carbocycles. The average molecular weight is 240 g/mol. The zero-order chi connectivity index (χ0) is 13.0. The maximum atomic E-state index is 13.0. The Bertz CT molecular complexity index is 407. The molecule has 1 aromatic carbocycles. The molecule has 1 aromatic rings. The fraction of sp³-hybridized carbons (Fsp3) is 0.417. The molecular weight excluding hydrogens is 223 g/mol. The second-order valence-corrected chi connectivity index (χ2v) is 4.08. The molecule has 4 N–H and O–H groups in total. The lowest BCUT2D eigenvalue weighted by Gasteiger charge is -2.15. The first-order valence-corrected chi connectivity index (χ1v) is 5.40. The van der Waals surface area contributed by atoms with Crippen molar-refractivity contribution in [2.45, 2.75) is 26.0 Å². The van der Waals surface area contributed by atoms with Crippen molar-refractivity contribution in [2.24, 2.45) is 5.73 Å². The minimum absolute atomic E-state index is 0.174. The Labute approximate surface area is 99.6 Å². The summed E-state index contributed by atoms with van der Waals surface area (Å²) in [5.74, 6) is -0.675. The Morgan fingerprint density at radius 3 is 2.76 bits per heavy atom. The van der Waals surface area contributed by atoms with Crippen molar-refractivity contribution in [3.63, 3.8) is 0 Å². The van der Waals surface area contributed by atoms with E-state index in [1.54, 1.807) is 13.8 Å². The zero-order valence-electron chi connectivity index (χ0n) is 9.90. The Morgan fingerprint density at radius 1 is 1.59 bits per heavy atom. The van der Waals surface area contributed by atoms with Gasteiger partial charge >= 0.3 is 0 Å². The van der Waals surface area contributed by atoms with E-state index in [0.29, 0.717) is 11.1 Å². The molecule has 5 heteroatoms. The van der Waals surface area contributed by atoms with Crippen molar-refractivity contribution >= 4 is 5.91 Å². The van der Waals surface area contributed by atoms with Crippen LogP contribution in [0.2, 0.25) is 0 Å².